The van der Waals surface area contributed by atoms with Crippen LogP contribution in [0.1, 0.15) is 214 Å². The van der Waals surface area contributed by atoms with Gasteiger partial charge in [-0.3, -0.25) is 33.6 Å². The first-order valence-electron chi connectivity index (χ1n) is 30.5. The fraction of sp³-hybridized carbons (Fsp3) is 0.881. The van der Waals surface area contributed by atoms with Crippen molar-refractivity contribution in [2.24, 2.45) is 0 Å². The van der Waals surface area contributed by atoms with E-state index in [9.17, 15) is 33.6 Å². The topological polar surface area (TPSA) is 244 Å². The lowest BCUT2D eigenvalue weighted by molar-refractivity contribution is -0.131. The number of unbranched alkanes of at least 4 members (excludes halogenated alkanes) is 13. The Labute approximate surface area is 471 Å². The number of rotatable bonds is 61. The van der Waals surface area contributed by atoms with Crippen molar-refractivity contribution >= 4 is 41.1 Å². The molecule has 0 aromatic rings. The lowest BCUT2D eigenvalue weighted by atomic mass is 10.0. The molecule has 0 rings (SSSR count). The summed E-state index contributed by atoms with van der Waals surface area (Å²) in [6.07, 6.45) is 22.6. The average molecular weight is 1110 g/mol. The molecule has 0 unspecified atom stereocenters. The molecule has 19 nitrogen and oxygen atoms in total. The van der Waals surface area contributed by atoms with Crippen LogP contribution >= 0.6 is 0 Å². The van der Waals surface area contributed by atoms with Crippen LogP contribution in [0.4, 0.5) is 0 Å². The van der Waals surface area contributed by atoms with E-state index in [1.807, 2.05) is 0 Å². The number of amides is 5. The van der Waals surface area contributed by atoms with Gasteiger partial charge in [0.1, 0.15) is 17.1 Å². The molecule has 0 bridgehead atoms. The van der Waals surface area contributed by atoms with Crippen molar-refractivity contribution in [1.82, 2.24) is 26.6 Å². The van der Waals surface area contributed by atoms with Crippen molar-refractivity contribution < 1.29 is 66.7 Å². The molecule has 0 radical (unpaired) electrons. The number of ether oxygens (including phenoxy) is 7. The molecule has 0 spiro atoms. The molecule has 5 N–H and O–H groups in total. The van der Waals surface area contributed by atoms with E-state index in [0.717, 1.165) is 116 Å². The van der Waals surface area contributed by atoms with Gasteiger partial charge in [-0.1, -0.05) is 105 Å². The van der Waals surface area contributed by atoms with Crippen LogP contribution in [-0.2, 0) is 66.7 Å². The fourth-order valence-corrected chi connectivity index (χ4v) is 8.02. The normalized spacial score (nSPS) is 11.4. The maximum Gasteiger partial charge on any atom is 0.222 e. The van der Waals surface area contributed by atoms with Crippen molar-refractivity contribution in [3.63, 3.8) is 0 Å². The molecule has 5 amide bonds. The minimum atomic E-state index is -1.26. The molecule has 19 heteroatoms. The van der Waals surface area contributed by atoms with Gasteiger partial charge < -0.3 is 59.7 Å². The number of nitrogens with one attached hydrogen (secondary N) is 5. The molecule has 0 aliphatic heterocycles. The quantitative estimate of drug-likeness (QED) is 0.0363. The third-order valence-electron chi connectivity index (χ3n) is 12.7. The van der Waals surface area contributed by atoms with E-state index in [4.69, 9.17) is 33.2 Å². The Morgan fingerprint density at radius 2 is 0.564 bits per heavy atom. The van der Waals surface area contributed by atoms with Gasteiger partial charge in [-0.2, -0.15) is 0 Å². The van der Waals surface area contributed by atoms with Gasteiger partial charge in [0.05, 0.1) is 85.9 Å². The molecule has 0 atom stereocenters. The monoisotopic (exact) mass is 1110 g/mol. The molecule has 456 valence electrons. The average Bonchev–Trinajstić information content (AvgIpc) is 3.42. The Morgan fingerprint density at radius 1 is 0.269 bits per heavy atom. The minimum absolute atomic E-state index is 0.00447. The number of carbonyl (C=O) groups is 7. The van der Waals surface area contributed by atoms with Crippen LogP contribution in [0.2, 0.25) is 0 Å². The summed E-state index contributed by atoms with van der Waals surface area (Å²) in [5.74, 6) is -0.318. The summed E-state index contributed by atoms with van der Waals surface area (Å²) < 4.78 is 40.4. The first kappa shape index (κ1) is 74.4. The molecule has 0 saturated heterocycles. The number of Topliss-reactive ketones (excluding diaryl/α,β-unsaturated/α-hetero) is 2. The molecule has 0 fully saturated rings. The Morgan fingerprint density at radius 3 is 0.962 bits per heavy atom. The van der Waals surface area contributed by atoms with Crippen molar-refractivity contribution in [3.05, 3.63) is 0 Å². The summed E-state index contributed by atoms with van der Waals surface area (Å²) in [5.41, 5.74) is -1.26. The van der Waals surface area contributed by atoms with Crippen LogP contribution in [0.15, 0.2) is 0 Å². The summed E-state index contributed by atoms with van der Waals surface area (Å²) >= 11 is 0. The molecule has 0 aliphatic rings. The van der Waals surface area contributed by atoms with Gasteiger partial charge in [-0.05, 0) is 51.4 Å². The molecular weight excluding hydrogens is 1000 g/mol. The van der Waals surface area contributed by atoms with Gasteiger partial charge in [0.25, 0.3) is 0 Å². The lowest BCUT2D eigenvalue weighted by Gasteiger charge is -2.34. The molecule has 78 heavy (non-hydrogen) atoms. The van der Waals surface area contributed by atoms with Crippen LogP contribution in [0.25, 0.3) is 0 Å². The van der Waals surface area contributed by atoms with E-state index in [1.54, 1.807) is 0 Å². The second kappa shape index (κ2) is 56.7. The summed E-state index contributed by atoms with van der Waals surface area (Å²) in [7, 11) is 0. The fourth-order valence-electron chi connectivity index (χ4n) is 8.02. The summed E-state index contributed by atoms with van der Waals surface area (Å²) in [5, 5.41) is 14.5. The van der Waals surface area contributed by atoms with Crippen LogP contribution < -0.4 is 26.6 Å². The van der Waals surface area contributed by atoms with Gasteiger partial charge in [-0.25, -0.2) is 0 Å². The van der Waals surface area contributed by atoms with Crippen LogP contribution in [0, 0.1) is 0 Å². The standard InChI is InChI=1S/C59H111N5O14/c1-5-9-18-25-52(65)26-21-16-14-12-13-15-17-22-27-53(66)30-39-76-49-59(50-77-41-31-56(69)62-36-23-34-60-54(67)28-19-10-6-2,51-78-42-32-57(70)63-37-24-35-61-55(68)29-20-11-7-3)64-58(71)33-40-73-44-46-75-48-47-74-45-43-72-38-8-4/h5-51H2,1-4H3,(H,60,67)(H,61,68)(H,62,69)(H,63,70)(H,64,71). The van der Waals surface area contributed by atoms with E-state index in [-0.39, 0.29) is 114 Å². The summed E-state index contributed by atoms with van der Waals surface area (Å²) in [4.78, 5) is 88.1. The van der Waals surface area contributed by atoms with Gasteiger partial charge in [0, 0.05) is 90.6 Å². The van der Waals surface area contributed by atoms with Crippen LogP contribution in [0.5, 0.6) is 0 Å². The third kappa shape index (κ3) is 51.8. The highest BCUT2D eigenvalue weighted by Crippen LogP contribution is 2.14. The smallest absolute Gasteiger partial charge is 0.222 e. The SMILES string of the molecule is CCCCCC(=O)CCCCCCCCCCC(=O)CCOCC(COCCC(=O)NCCCNC(=O)CCCCC)(COCCC(=O)NCCCNC(=O)CCCCC)NC(=O)CCOCCOCCOCCOCCC. The second-order valence-electron chi connectivity index (χ2n) is 20.3. The summed E-state index contributed by atoms with van der Waals surface area (Å²) in [6, 6.07) is 0. The van der Waals surface area contributed by atoms with Crippen molar-refractivity contribution in [1.29, 1.82) is 0 Å². The van der Waals surface area contributed by atoms with Crippen LogP contribution in [-0.4, -0.2) is 165 Å². The third-order valence-corrected chi connectivity index (χ3v) is 12.7. The first-order chi connectivity index (χ1) is 38.0. The Hall–Kier alpha value is -3.59. The van der Waals surface area contributed by atoms with E-state index in [0.29, 0.717) is 117 Å². The van der Waals surface area contributed by atoms with Gasteiger partial charge in [0.2, 0.25) is 29.5 Å². The predicted octanol–water partition coefficient (Wildman–Crippen LogP) is 7.95. The largest absolute Gasteiger partial charge is 0.379 e. The maximum atomic E-state index is 13.6. The van der Waals surface area contributed by atoms with Crippen LogP contribution in [0.3, 0.4) is 0 Å². The maximum absolute atomic E-state index is 13.6. The zero-order valence-corrected chi connectivity index (χ0v) is 49.4. The molecule has 0 saturated carbocycles. The highest BCUT2D eigenvalue weighted by molar-refractivity contribution is 5.79. The van der Waals surface area contributed by atoms with Gasteiger partial charge in [-0.15, -0.1) is 0 Å². The molecule has 0 aromatic heterocycles. The number of hydrogen-bond acceptors (Lipinski definition) is 14. The molecular formula is C59H111N5O14. The molecule has 0 heterocycles. The van der Waals surface area contributed by atoms with Crippen molar-refractivity contribution in [2.45, 2.75) is 219 Å². The lowest BCUT2D eigenvalue weighted by Crippen LogP contribution is -2.59. The number of hydrogen-bond donors (Lipinski definition) is 5. The van der Waals surface area contributed by atoms with E-state index >= 15 is 0 Å². The second-order valence-corrected chi connectivity index (χ2v) is 20.3. The van der Waals surface area contributed by atoms with Gasteiger partial charge >= 0.3 is 0 Å². The highest BCUT2D eigenvalue weighted by atomic mass is 16.6. The van der Waals surface area contributed by atoms with Crippen molar-refractivity contribution in [3.8, 4) is 0 Å². The molecule has 0 aromatic carbocycles. The highest BCUT2D eigenvalue weighted by Gasteiger charge is 2.34. The Bertz CT molecular complexity index is 1440. The van der Waals surface area contributed by atoms with E-state index in [1.165, 1.54) is 0 Å². The minimum Gasteiger partial charge on any atom is -0.379 e. The van der Waals surface area contributed by atoms with Gasteiger partial charge in [0.15, 0.2) is 0 Å². The zero-order valence-electron chi connectivity index (χ0n) is 49.4. The summed E-state index contributed by atoms with van der Waals surface area (Å²) in [6.45, 7) is 13.3. The zero-order chi connectivity index (χ0) is 57.3. The predicted molar refractivity (Wildman–Crippen MR) is 305 cm³/mol. The number of carbonyl (C=O) groups excluding carboxylic acids is 7. The van der Waals surface area contributed by atoms with E-state index < -0.39 is 5.54 Å². The Balaban J connectivity index is 5.45. The van der Waals surface area contributed by atoms with Crippen molar-refractivity contribution in [2.75, 3.05) is 119 Å². The number of ketones is 2. The first-order valence-corrected chi connectivity index (χ1v) is 30.5. The molecule has 0 aliphatic carbocycles. The Kier molecular flexibility index (Phi) is 54.1. The van der Waals surface area contributed by atoms with E-state index in [2.05, 4.69) is 54.3 Å².